The number of carbonyl (C=O) groups excluding carboxylic acids is 1. The summed E-state index contributed by atoms with van der Waals surface area (Å²) in [5.74, 6) is 0.0698. The fourth-order valence-electron chi connectivity index (χ4n) is 2.55. The van der Waals surface area contributed by atoms with Crippen LogP contribution in [0, 0.1) is 10.1 Å². The average molecular weight is 356 g/mol. The molecule has 1 aromatic carbocycles. The lowest BCUT2D eigenvalue weighted by atomic mass is 9.97. The van der Waals surface area contributed by atoms with Gasteiger partial charge in [-0.25, -0.2) is 0 Å². The highest BCUT2D eigenvalue weighted by Crippen LogP contribution is 2.28. The summed E-state index contributed by atoms with van der Waals surface area (Å²) in [6, 6.07) is 5.08. The van der Waals surface area contributed by atoms with Gasteiger partial charge in [0.1, 0.15) is 0 Å². The van der Waals surface area contributed by atoms with E-state index in [4.69, 9.17) is 0 Å². The van der Waals surface area contributed by atoms with Gasteiger partial charge in [-0.1, -0.05) is 6.07 Å². The fourth-order valence-corrected chi connectivity index (χ4v) is 2.94. The van der Waals surface area contributed by atoms with Crippen LogP contribution < -0.4 is 0 Å². The van der Waals surface area contributed by atoms with Crippen molar-refractivity contribution < 1.29 is 9.72 Å². The lowest BCUT2D eigenvalue weighted by Gasteiger charge is -2.44. The number of benzene rings is 1. The van der Waals surface area contributed by atoms with E-state index in [1.165, 1.54) is 0 Å². The summed E-state index contributed by atoms with van der Waals surface area (Å²) in [6.07, 6.45) is 0. The molecule has 1 aromatic rings. The van der Waals surface area contributed by atoms with Crippen LogP contribution in [0.15, 0.2) is 22.7 Å². The number of carbonyl (C=O) groups is 1. The fraction of sp³-hybridized carbons (Fsp3) is 0.500. The second kappa shape index (κ2) is 5.73. The third-order valence-electron chi connectivity index (χ3n) is 3.95. The second-order valence-electron chi connectivity index (χ2n) is 5.75. The lowest BCUT2D eigenvalue weighted by molar-refractivity contribution is -0.385. The Morgan fingerprint density at radius 2 is 2.05 bits per heavy atom. The molecule has 0 bridgehead atoms. The number of hydrogen-bond donors (Lipinski definition) is 0. The summed E-state index contributed by atoms with van der Waals surface area (Å²) in [5.41, 5.74) is 0.274. The molecule has 0 unspecified atom stereocenters. The maximum atomic E-state index is 12.2. The number of amides is 1. The molecule has 0 aromatic heterocycles. The zero-order valence-electron chi connectivity index (χ0n) is 12.3. The van der Waals surface area contributed by atoms with E-state index >= 15 is 0 Å². The molecule has 2 rings (SSSR count). The largest absolute Gasteiger partial charge is 0.343 e. The summed E-state index contributed by atoms with van der Waals surface area (Å²) < 4.78 is 0.463. The Hall–Kier alpha value is -1.47. The van der Waals surface area contributed by atoms with Crippen molar-refractivity contribution in [2.45, 2.75) is 25.9 Å². The third kappa shape index (κ3) is 3.08. The highest BCUT2D eigenvalue weighted by atomic mass is 79.9. The average Bonchev–Trinajstić information content (AvgIpc) is 2.41. The highest BCUT2D eigenvalue weighted by Gasteiger charge is 2.40. The van der Waals surface area contributed by atoms with Crippen LogP contribution in [-0.2, 0) is 11.3 Å². The van der Waals surface area contributed by atoms with Gasteiger partial charge >= 0.3 is 0 Å². The first-order valence-corrected chi connectivity index (χ1v) is 7.46. The lowest BCUT2D eigenvalue weighted by Crippen LogP contribution is -2.61. The Morgan fingerprint density at radius 1 is 1.38 bits per heavy atom. The van der Waals surface area contributed by atoms with Crippen LogP contribution in [0.1, 0.15) is 19.4 Å². The molecule has 1 aliphatic heterocycles. The Balaban J connectivity index is 2.24. The highest BCUT2D eigenvalue weighted by molar-refractivity contribution is 9.10. The topological polar surface area (TPSA) is 66.7 Å². The van der Waals surface area contributed by atoms with E-state index in [-0.39, 0.29) is 11.6 Å². The Labute approximate surface area is 132 Å². The first-order valence-electron chi connectivity index (χ1n) is 6.67. The first-order chi connectivity index (χ1) is 9.73. The number of hydrogen-bond acceptors (Lipinski definition) is 4. The predicted octanol–water partition coefficient (Wildman–Crippen LogP) is 2.41. The molecule has 114 valence electrons. The van der Waals surface area contributed by atoms with Gasteiger partial charge in [0, 0.05) is 32.7 Å². The Kier molecular flexibility index (Phi) is 4.34. The van der Waals surface area contributed by atoms with Gasteiger partial charge in [0.25, 0.3) is 5.69 Å². The minimum absolute atomic E-state index is 0.0470. The first kappa shape index (κ1) is 15.9. The van der Waals surface area contributed by atoms with Crippen molar-refractivity contribution in [1.29, 1.82) is 0 Å². The molecule has 0 radical (unpaired) electrons. The molecule has 1 amide bonds. The van der Waals surface area contributed by atoms with Gasteiger partial charge in [0.2, 0.25) is 5.91 Å². The van der Waals surface area contributed by atoms with Crippen LogP contribution in [0.25, 0.3) is 0 Å². The molecule has 21 heavy (non-hydrogen) atoms. The van der Waals surface area contributed by atoms with Crippen LogP contribution in [0.2, 0.25) is 0 Å². The van der Waals surface area contributed by atoms with E-state index in [9.17, 15) is 14.9 Å². The minimum atomic E-state index is -0.602. The van der Waals surface area contributed by atoms with Crippen LogP contribution >= 0.6 is 15.9 Å². The number of piperazine rings is 1. The molecule has 6 nitrogen and oxygen atoms in total. The maximum absolute atomic E-state index is 12.2. The molecule has 0 atom stereocenters. The molecule has 1 aliphatic rings. The summed E-state index contributed by atoms with van der Waals surface area (Å²) >= 11 is 3.18. The van der Waals surface area contributed by atoms with E-state index < -0.39 is 10.5 Å². The van der Waals surface area contributed by atoms with Crippen LogP contribution in [0.5, 0.6) is 0 Å². The van der Waals surface area contributed by atoms with E-state index in [1.54, 1.807) is 24.1 Å². The molecule has 0 aliphatic carbocycles. The van der Waals surface area contributed by atoms with Crippen molar-refractivity contribution in [2.75, 3.05) is 20.1 Å². The van der Waals surface area contributed by atoms with Gasteiger partial charge in [0.05, 0.1) is 14.9 Å². The van der Waals surface area contributed by atoms with E-state index in [1.807, 2.05) is 19.9 Å². The quantitative estimate of drug-likeness (QED) is 0.616. The second-order valence-corrected chi connectivity index (χ2v) is 6.60. The van der Waals surface area contributed by atoms with E-state index in [2.05, 4.69) is 20.8 Å². The molecule has 1 saturated heterocycles. The normalized spacial score (nSPS) is 18.9. The Morgan fingerprint density at radius 3 is 2.67 bits per heavy atom. The smallest absolute Gasteiger partial charge is 0.283 e. The number of rotatable bonds is 3. The van der Waals surface area contributed by atoms with Gasteiger partial charge in [0.15, 0.2) is 0 Å². The maximum Gasteiger partial charge on any atom is 0.283 e. The SMILES string of the molecule is CN1CCN(Cc2ccc(Br)c([N+](=O)[O-])c2)C(C)(C)C1=O. The molecular weight excluding hydrogens is 338 g/mol. The molecule has 0 N–H and O–H groups in total. The van der Waals surface area contributed by atoms with Crippen molar-refractivity contribution in [3.05, 3.63) is 38.3 Å². The minimum Gasteiger partial charge on any atom is -0.343 e. The van der Waals surface area contributed by atoms with E-state index in [0.29, 0.717) is 17.6 Å². The molecular formula is C14H18BrN3O3. The van der Waals surface area contributed by atoms with Crippen LogP contribution in [0.3, 0.4) is 0 Å². The van der Waals surface area contributed by atoms with Gasteiger partial charge in [-0.2, -0.15) is 0 Å². The Bertz CT molecular complexity index is 589. The zero-order chi connectivity index (χ0) is 15.8. The predicted molar refractivity (Wildman–Crippen MR) is 82.9 cm³/mol. The standard InChI is InChI=1S/C14H18BrN3O3/c1-14(2)13(19)16(3)6-7-17(14)9-10-4-5-11(15)12(8-10)18(20)21/h4-5,8H,6-7,9H2,1-3H3. The van der Waals surface area contributed by atoms with Crippen LogP contribution in [-0.4, -0.2) is 46.3 Å². The molecule has 1 heterocycles. The zero-order valence-corrected chi connectivity index (χ0v) is 13.9. The molecule has 0 spiro atoms. The summed E-state index contributed by atoms with van der Waals surface area (Å²) in [5, 5.41) is 11.0. The number of halogens is 1. The molecule has 1 fully saturated rings. The van der Waals surface area contributed by atoms with Crippen molar-refractivity contribution in [3.63, 3.8) is 0 Å². The third-order valence-corrected chi connectivity index (χ3v) is 4.62. The van der Waals surface area contributed by atoms with Gasteiger partial charge in [-0.05, 0) is 41.4 Å². The number of nitrogens with zero attached hydrogens (tertiary/aromatic N) is 3. The molecule has 0 saturated carbocycles. The summed E-state index contributed by atoms with van der Waals surface area (Å²) in [7, 11) is 1.80. The van der Waals surface area contributed by atoms with Gasteiger partial charge < -0.3 is 4.90 Å². The van der Waals surface area contributed by atoms with Crippen molar-refractivity contribution >= 4 is 27.5 Å². The van der Waals surface area contributed by atoms with Crippen molar-refractivity contribution in [2.24, 2.45) is 0 Å². The van der Waals surface area contributed by atoms with Crippen molar-refractivity contribution in [3.8, 4) is 0 Å². The summed E-state index contributed by atoms with van der Waals surface area (Å²) in [4.78, 5) is 26.6. The monoisotopic (exact) mass is 355 g/mol. The number of likely N-dealkylation sites (N-methyl/N-ethyl adjacent to an activating group) is 1. The van der Waals surface area contributed by atoms with Gasteiger partial charge in [-0.3, -0.25) is 19.8 Å². The van der Waals surface area contributed by atoms with E-state index in [0.717, 1.165) is 12.1 Å². The summed E-state index contributed by atoms with van der Waals surface area (Å²) in [6.45, 7) is 5.71. The number of nitro groups is 1. The van der Waals surface area contributed by atoms with Crippen molar-refractivity contribution in [1.82, 2.24) is 9.80 Å². The van der Waals surface area contributed by atoms with Gasteiger partial charge in [-0.15, -0.1) is 0 Å². The molecule has 7 heteroatoms. The number of nitro benzene ring substituents is 1. The van der Waals surface area contributed by atoms with Crippen LogP contribution in [0.4, 0.5) is 5.69 Å².